The predicted molar refractivity (Wildman–Crippen MR) is 77.5 cm³/mol. The molecule has 0 saturated carbocycles. The highest BCUT2D eigenvalue weighted by atomic mass is 16.6. The summed E-state index contributed by atoms with van der Waals surface area (Å²) in [5.41, 5.74) is 0.592. The highest BCUT2D eigenvalue weighted by molar-refractivity contribution is 5.68. The fourth-order valence-electron chi connectivity index (χ4n) is 2.23. The van der Waals surface area contributed by atoms with Gasteiger partial charge in [0.25, 0.3) is 0 Å². The first-order valence-corrected chi connectivity index (χ1v) is 7.05. The van der Waals surface area contributed by atoms with Gasteiger partial charge in [-0.2, -0.15) is 0 Å². The Morgan fingerprint density at radius 1 is 1.50 bits per heavy atom. The molecular weight excluding hydrogens is 254 g/mol. The molecule has 2 heterocycles. The molecule has 1 aromatic rings. The molecule has 1 saturated heterocycles. The molecule has 0 radical (unpaired) electrons. The van der Waals surface area contributed by atoms with Gasteiger partial charge in [-0.1, -0.05) is 6.07 Å². The lowest BCUT2D eigenvalue weighted by atomic mass is 10.1. The van der Waals surface area contributed by atoms with E-state index in [1.807, 2.05) is 39.0 Å². The van der Waals surface area contributed by atoms with Gasteiger partial charge in [0.05, 0.1) is 0 Å². The monoisotopic (exact) mass is 277 g/mol. The van der Waals surface area contributed by atoms with Crippen molar-refractivity contribution in [1.29, 1.82) is 0 Å². The predicted octanol–water partition coefficient (Wildman–Crippen LogP) is 1.83. The topological polar surface area (TPSA) is 54.5 Å². The number of carbonyl (C=O) groups excluding carboxylic acids is 1. The molecule has 5 nitrogen and oxygen atoms in total. The van der Waals surface area contributed by atoms with Gasteiger partial charge in [0, 0.05) is 44.0 Å². The third kappa shape index (κ3) is 4.49. The molecule has 0 aliphatic carbocycles. The summed E-state index contributed by atoms with van der Waals surface area (Å²) < 4.78 is 5.42. The average Bonchev–Trinajstić information content (AvgIpc) is 2.38. The van der Waals surface area contributed by atoms with Gasteiger partial charge in [-0.05, 0) is 32.9 Å². The third-order valence-electron chi connectivity index (χ3n) is 3.09. The Balaban J connectivity index is 1.90. The first kappa shape index (κ1) is 14.8. The van der Waals surface area contributed by atoms with Gasteiger partial charge in [0.2, 0.25) is 0 Å². The third-order valence-corrected chi connectivity index (χ3v) is 3.09. The van der Waals surface area contributed by atoms with E-state index in [4.69, 9.17) is 4.74 Å². The van der Waals surface area contributed by atoms with E-state index in [1.165, 1.54) is 0 Å². The maximum atomic E-state index is 12.1. The average molecular weight is 277 g/mol. The zero-order valence-electron chi connectivity index (χ0n) is 12.4. The van der Waals surface area contributed by atoms with Gasteiger partial charge >= 0.3 is 6.09 Å². The molecule has 2 rings (SSSR count). The molecule has 1 fully saturated rings. The minimum atomic E-state index is -0.446. The lowest BCUT2D eigenvalue weighted by Crippen LogP contribution is -2.54. The largest absolute Gasteiger partial charge is 0.444 e. The van der Waals surface area contributed by atoms with Crippen LogP contribution in [0, 0.1) is 0 Å². The van der Waals surface area contributed by atoms with Crippen LogP contribution in [0.25, 0.3) is 0 Å². The van der Waals surface area contributed by atoms with Crippen molar-refractivity contribution < 1.29 is 9.53 Å². The summed E-state index contributed by atoms with van der Waals surface area (Å²) in [6.45, 7) is 7.80. The van der Waals surface area contributed by atoms with Crippen LogP contribution in [0.15, 0.2) is 24.4 Å². The molecule has 1 atom stereocenters. The van der Waals surface area contributed by atoms with Crippen molar-refractivity contribution >= 4 is 6.09 Å². The summed E-state index contributed by atoms with van der Waals surface area (Å²) in [6, 6.07) is 6.13. The van der Waals surface area contributed by atoms with E-state index in [-0.39, 0.29) is 12.1 Å². The van der Waals surface area contributed by atoms with Crippen LogP contribution in [0.1, 0.15) is 26.5 Å². The molecule has 110 valence electrons. The zero-order valence-corrected chi connectivity index (χ0v) is 12.4. The van der Waals surface area contributed by atoms with Crippen LogP contribution in [0.5, 0.6) is 0 Å². The molecule has 1 aromatic heterocycles. The minimum Gasteiger partial charge on any atom is -0.444 e. The maximum Gasteiger partial charge on any atom is 0.410 e. The van der Waals surface area contributed by atoms with E-state index in [1.54, 1.807) is 11.1 Å². The molecule has 1 amide bonds. The number of hydrogen-bond acceptors (Lipinski definition) is 4. The lowest BCUT2D eigenvalue weighted by molar-refractivity contribution is 0.0195. The lowest BCUT2D eigenvalue weighted by Gasteiger charge is -2.34. The summed E-state index contributed by atoms with van der Waals surface area (Å²) in [4.78, 5) is 18.2. The van der Waals surface area contributed by atoms with Crippen molar-refractivity contribution in [3.05, 3.63) is 30.1 Å². The van der Waals surface area contributed by atoms with Crippen molar-refractivity contribution in [1.82, 2.24) is 15.2 Å². The van der Waals surface area contributed by atoms with Gasteiger partial charge < -0.3 is 15.0 Å². The van der Waals surface area contributed by atoms with Crippen LogP contribution in [-0.2, 0) is 11.2 Å². The van der Waals surface area contributed by atoms with Crippen molar-refractivity contribution in [2.24, 2.45) is 0 Å². The summed E-state index contributed by atoms with van der Waals surface area (Å²) in [7, 11) is 0. The number of pyridine rings is 1. The Morgan fingerprint density at radius 3 is 2.95 bits per heavy atom. The normalized spacial score (nSPS) is 19.8. The zero-order chi connectivity index (χ0) is 14.6. The number of amides is 1. The van der Waals surface area contributed by atoms with Crippen molar-refractivity contribution in [3.8, 4) is 0 Å². The van der Waals surface area contributed by atoms with Gasteiger partial charge in [0.1, 0.15) is 5.60 Å². The standard InChI is InChI=1S/C15H23N3O2/c1-15(2,3)20-14(19)18-9-8-17-13(11-18)10-12-6-4-5-7-16-12/h4-7,13,17H,8-11H2,1-3H3/t13-/m0/s1. The fraction of sp³-hybridized carbons (Fsp3) is 0.600. The van der Waals surface area contributed by atoms with E-state index in [2.05, 4.69) is 10.3 Å². The second kappa shape index (κ2) is 6.22. The number of rotatable bonds is 2. The first-order chi connectivity index (χ1) is 9.44. The van der Waals surface area contributed by atoms with E-state index in [0.717, 1.165) is 18.7 Å². The van der Waals surface area contributed by atoms with Crippen molar-refractivity contribution in [2.75, 3.05) is 19.6 Å². The van der Waals surface area contributed by atoms with Gasteiger partial charge in [-0.15, -0.1) is 0 Å². The first-order valence-electron chi connectivity index (χ1n) is 7.05. The van der Waals surface area contributed by atoms with Gasteiger partial charge in [-0.25, -0.2) is 4.79 Å². The molecule has 1 N–H and O–H groups in total. The fourth-order valence-corrected chi connectivity index (χ4v) is 2.23. The number of piperazine rings is 1. The number of nitrogens with zero attached hydrogens (tertiary/aromatic N) is 2. The van der Waals surface area contributed by atoms with Crippen LogP contribution < -0.4 is 5.32 Å². The molecule has 1 aliphatic rings. The van der Waals surface area contributed by atoms with E-state index >= 15 is 0 Å². The number of nitrogens with one attached hydrogen (secondary N) is 1. The van der Waals surface area contributed by atoms with Crippen LogP contribution in [0.4, 0.5) is 4.79 Å². The smallest absolute Gasteiger partial charge is 0.410 e. The summed E-state index contributed by atoms with van der Waals surface area (Å²) in [5.74, 6) is 0. The molecule has 5 heteroatoms. The Hall–Kier alpha value is -1.62. The Bertz CT molecular complexity index is 442. The number of carbonyl (C=O) groups is 1. The van der Waals surface area contributed by atoms with E-state index < -0.39 is 5.60 Å². The molecule has 0 bridgehead atoms. The Morgan fingerprint density at radius 2 is 2.30 bits per heavy atom. The van der Waals surface area contributed by atoms with Crippen LogP contribution in [-0.4, -0.2) is 47.3 Å². The summed E-state index contributed by atoms with van der Waals surface area (Å²) >= 11 is 0. The minimum absolute atomic E-state index is 0.228. The Labute approximate surface area is 120 Å². The summed E-state index contributed by atoms with van der Waals surface area (Å²) in [5, 5.41) is 3.43. The van der Waals surface area contributed by atoms with Crippen LogP contribution in [0.3, 0.4) is 0 Å². The van der Waals surface area contributed by atoms with E-state index in [0.29, 0.717) is 13.1 Å². The number of aromatic nitrogens is 1. The molecule has 0 spiro atoms. The second-order valence-corrected chi connectivity index (χ2v) is 6.10. The highest BCUT2D eigenvalue weighted by Crippen LogP contribution is 2.12. The highest BCUT2D eigenvalue weighted by Gasteiger charge is 2.27. The van der Waals surface area contributed by atoms with Crippen LogP contribution in [0.2, 0.25) is 0 Å². The molecule has 1 aliphatic heterocycles. The van der Waals surface area contributed by atoms with Gasteiger partial charge in [0.15, 0.2) is 0 Å². The SMILES string of the molecule is CC(C)(C)OC(=O)N1CCN[C@@H](Cc2ccccn2)C1. The quantitative estimate of drug-likeness (QED) is 0.896. The van der Waals surface area contributed by atoms with Crippen molar-refractivity contribution in [3.63, 3.8) is 0 Å². The van der Waals surface area contributed by atoms with Crippen molar-refractivity contribution in [2.45, 2.75) is 38.8 Å². The molecule has 20 heavy (non-hydrogen) atoms. The summed E-state index contributed by atoms with van der Waals surface area (Å²) in [6.07, 6.45) is 2.38. The number of ether oxygens (including phenoxy) is 1. The molecule has 0 aromatic carbocycles. The van der Waals surface area contributed by atoms with E-state index in [9.17, 15) is 4.79 Å². The Kier molecular flexibility index (Phi) is 4.60. The molecular formula is C15H23N3O2. The number of hydrogen-bond donors (Lipinski definition) is 1. The maximum absolute atomic E-state index is 12.1. The second-order valence-electron chi connectivity index (χ2n) is 6.10. The molecule has 0 unspecified atom stereocenters. The van der Waals surface area contributed by atoms with Crippen LogP contribution >= 0.6 is 0 Å². The van der Waals surface area contributed by atoms with Gasteiger partial charge in [-0.3, -0.25) is 4.98 Å².